The van der Waals surface area contributed by atoms with Gasteiger partial charge in [0, 0.05) is 6.42 Å². The molecule has 3 fully saturated rings. The maximum absolute atomic E-state index is 12.4. The molecular formula is C20H30O9. The molecule has 1 aliphatic carbocycles. The van der Waals surface area contributed by atoms with Crippen LogP contribution in [0.2, 0.25) is 0 Å². The molecule has 0 spiro atoms. The van der Waals surface area contributed by atoms with Crippen molar-refractivity contribution in [1.82, 2.24) is 0 Å². The number of fused-ring (bicyclic) bond motifs is 3. The summed E-state index contributed by atoms with van der Waals surface area (Å²) in [5, 5.41) is 0. The molecule has 2 heterocycles. The van der Waals surface area contributed by atoms with Gasteiger partial charge in [0.1, 0.15) is 0 Å². The predicted molar refractivity (Wildman–Crippen MR) is 98.1 cm³/mol. The van der Waals surface area contributed by atoms with Crippen LogP contribution in [0.3, 0.4) is 0 Å². The summed E-state index contributed by atoms with van der Waals surface area (Å²) in [5.41, 5.74) is -0.994. The quantitative estimate of drug-likeness (QED) is 0.230. The lowest BCUT2D eigenvalue weighted by molar-refractivity contribution is -0.259. The monoisotopic (exact) mass is 414 g/mol. The third kappa shape index (κ3) is 6.42. The molecular weight excluding hydrogens is 384 g/mol. The van der Waals surface area contributed by atoms with Crippen LogP contribution in [0.25, 0.3) is 0 Å². The summed E-state index contributed by atoms with van der Waals surface area (Å²) in [6.07, 6.45) is 5.65. The lowest BCUT2D eigenvalue weighted by atomic mass is 9.70. The van der Waals surface area contributed by atoms with E-state index in [0.29, 0.717) is 25.7 Å². The van der Waals surface area contributed by atoms with Crippen molar-refractivity contribution in [2.24, 2.45) is 5.92 Å². The smallest absolute Gasteiger partial charge is 0.355 e. The molecule has 3 rings (SSSR count). The molecule has 29 heavy (non-hydrogen) atoms. The molecule has 3 aliphatic rings. The molecule has 0 aromatic heterocycles. The standard InChI is InChI=1S/C20H30O9/c1-25-16(21)6-3-4-7-17(22)28-29-18(23)8-5-13-20(19(24)26-2)14-9-11-15(27-20)12-10-14/h14-15H,3-13H2,1-2H3. The zero-order chi connectivity index (χ0) is 21.3. The van der Waals surface area contributed by atoms with Crippen molar-refractivity contribution < 1.29 is 43.2 Å². The fourth-order valence-electron chi connectivity index (χ4n) is 4.11. The highest BCUT2D eigenvalue weighted by Gasteiger charge is 2.54. The summed E-state index contributed by atoms with van der Waals surface area (Å²) in [4.78, 5) is 55.8. The maximum atomic E-state index is 12.4. The Kier molecular flexibility index (Phi) is 8.88. The Morgan fingerprint density at radius 2 is 1.34 bits per heavy atom. The molecule has 0 amide bonds. The molecule has 0 radical (unpaired) electrons. The Labute approximate surface area is 170 Å². The third-order valence-electron chi connectivity index (χ3n) is 5.64. The predicted octanol–water partition coefficient (Wildman–Crippen LogP) is 2.39. The van der Waals surface area contributed by atoms with E-state index in [1.807, 2.05) is 0 Å². The third-order valence-corrected chi connectivity index (χ3v) is 5.64. The Balaban J connectivity index is 1.67. The summed E-state index contributed by atoms with van der Waals surface area (Å²) in [5.74, 6) is -2.00. The second-order valence-corrected chi connectivity index (χ2v) is 7.52. The van der Waals surface area contributed by atoms with E-state index >= 15 is 0 Å². The van der Waals surface area contributed by atoms with Crippen molar-refractivity contribution in [3.63, 3.8) is 0 Å². The average Bonchev–Trinajstić information content (AvgIpc) is 2.75. The van der Waals surface area contributed by atoms with Gasteiger partial charge in [0.2, 0.25) is 0 Å². The number of hydrogen-bond acceptors (Lipinski definition) is 9. The first-order valence-corrected chi connectivity index (χ1v) is 10.1. The number of unbranched alkanes of at least 4 members (excludes halogenated alkanes) is 1. The number of hydrogen-bond donors (Lipinski definition) is 0. The molecule has 9 nitrogen and oxygen atoms in total. The van der Waals surface area contributed by atoms with Gasteiger partial charge in [-0.3, -0.25) is 4.79 Å². The van der Waals surface area contributed by atoms with Gasteiger partial charge in [-0.1, -0.05) is 0 Å². The minimum absolute atomic E-state index is 0.00485. The van der Waals surface area contributed by atoms with Crippen molar-refractivity contribution in [3.05, 3.63) is 0 Å². The van der Waals surface area contributed by atoms with Gasteiger partial charge in [0.05, 0.1) is 33.2 Å². The lowest BCUT2D eigenvalue weighted by Crippen LogP contribution is -2.57. The summed E-state index contributed by atoms with van der Waals surface area (Å²) in [6, 6.07) is 0. The van der Waals surface area contributed by atoms with E-state index in [2.05, 4.69) is 14.5 Å². The number of carbonyl (C=O) groups excluding carboxylic acids is 4. The number of methoxy groups -OCH3 is 2. The van der Waals surface area contributed by atoms with Gasteiger partial charge in [0.15, 0.2) is 5.60 Å². The van der Waals surface area contributed by atoms with Gasteiger partial charge < -0.3 is 14.2 Å². The van der Waals surface area contributed by atoms with Crippen LogP contribution in [0.15, 0.2) is 0 Å². The second-order valence-electron chi connectivity index (χ2n) is 7.52. The molecule has 0 aromatic rings. The summed E-state index contributed by atoms with van der Waals surface area (Å²) < 4.78 is 15.5. The molecule has 2 bridgehead atoms. The van der Waals surface area contributed by atoms with Gasteiger partial charge >= 0.3 is 23.9 Å². The lowest BCUT2D eigenvalue weighted by Gasteiger charge is -2.49. The van der Waals surface area contributed by atoms with Crippen LogP contribution >= 0.6 is 0 Å². The first-order chi connectivity index (χ1) is 13.9. The van der Waals surface area contributed by atoms with Crippen molar-refractivity contribution in [2.75, 3.05) is 14.2 Å². The van der Waals surface area contributed by atoms with E-state index in [1.165, 1.54) is 14.2 Å². The molecule has 164 valence electrons. The summed E-state index contributed by atoms with van der Waals surface area (Å²) >= 11 is 0. The minimum Gasteiger partial charge on any atom is -0.469 e. The zero-order valence-corrected chi connectivity index (χ0v) is 17.1. The molecule has 9 heteroatoms. The van der Waals surface area contributed by atoms with E-state index in [9.17, 15) is 19.2 Å². The van der Waals surface area contributed by atoms with Crippen LogP contribution < -0.4 is 0 Å². The molecule has 2 saturated heterocycles. The van der Waals surface area contributed by atoms with Gasteiger partial charge in [-0.15, -0.1) is 0 Å². The van der Waals surface area contributed by atoms with E-state index < -0.39 is 23.5 Å². The Bertz CT molecular complexity index is 595. The zero-order valence-electron chi connectivity index (χ0n) is 17.1. The van der Waals surface area contributed by atoms with Crippen molar-refractivity contribution in [2.45, 2.75) is 82.3 Å². The highest BCUT2D eigenvalue weighted by atomic mass is 17.2. The molecule has 0 N–H and O–H groups in total. The average molecular weight is 414 g/mol. The van der Waals surface area contributed by atoms with E-state index in [4.69, 9.17) is 9.47 Å². The molecule has 1 atom stereocenters. The van der Waals surface area contributed by atoms with Crippen molar-refractivity contribution in [1.29, 1.82) is 0 Å². The Morgan fingerprint density at radius 3 is 1.83 bits per heavy atom. The number of esters is 2. The maximum Gasteiger partial charge on any atom is 0.355 e. The van der Waals surface area contributed by atoms with Crippen LogP contribution in [0.4, 0.5) is 0 Å². The van der Waals surface area contributed by atoms with Crippen LogP contribution in [0, 0.1) is 5.92 Å². The normalized spacial score (nSPS) is 25.2. The molecule has 1 unspecified atom stereocenters. The first kappa shape index (κ1) is 23.1. The van der Waals surface area contributed by atoms with Crippen LogP contribution in [-0.4, -0.2) is 49.8 Å². The second kappa shape index (κ2) is 11.1. The minimum atomic E-state index is -0.994. The van der Waals surface area contributed by atoms with E-state index in [1.54, 1.807) is 0 Å². The SMILES string of the molecule is COC(=O)CCCCC(=O)OOC(=O)CCCC1(C(=O)OC)OC2CCC1CC2. The van der Waals surface area contributed by atoms with Gasteiger partial charge in [-0.25, -0.2) is 24.2 Å². The van der Waals surface area contributed by atoms with Crippen LogP contribution in [0.1, 0.15) is 70.6 Å². The van der Waals surface area contributed by atoms with Crippen LogP contribution in [0.5, 0.6) is 0 Å². The number of ether oxygens (including phenoxy) is 3. The van der Waals surface area contributed by atoms with Crippen LogP contribution in [-0.2, 0) is 43.2 Å². The van der Waals surface area contributed by atoms with Crippen molar-refractivity contribution in [3.8, 4) is 0 Å². The number of rotatable bonds is 10. The largest absolute Gasteiger partial charge is 0.469 e. The first-order valence-electron chi connectivity index (χ1n) is 10.1. The van der Waals surface area contributed by atoms with Crippen molar-refractivity contribution >= 4 is 23.9 Å². The summed E-state index contributed by atoms with van der Waals surface area (Å²) in [7, 11) is 2.64. The molecule has 1 saturated carbocycles. The van der Waals surface area contributed by atoms with E-state index in [0.717, 1.165) is 25.7 Å². The van der Waals surface area contributed by atoms with Gasteiger partial charge in [-0.05, 0) is 57.3 Å². The fourth-order valence-corrected chi connectivity index (χ4v) is 4.11. The fraction of sp³-hybridized carbons (Fsp3) is 0.800. The van der Waals surface area contributed by atoms with E-state index in [-0.39, 0.29) is 37.3 Å². The Morgan fingerprint density at radius 1 is 0.793 bits per heavy atom. The number of carbonyl (C=O) groups is 4. The summed E-state index contributed by atoms with van der Waals surface area (Å²) in [6.45, 7) is 0. The topological polar surface area (TPSA) is 114 Å². The molecule has 0 aromatic carbocycles. The highest BCUT2D eigenvalue weighted by Crippen LogP contribution is 2.47. The van der Waals surface area contributed by atoms with Gasteiger partial charge in [0.25, 0.3) is 0 Å². The molecule has 2 aliphatic heterocycles. The highest BCUT2D eigenvalue weighted by molar-refractivity contribution is 5.80. The Hall–Kier alpha value is -2.16. The van der Waals surface area contributed by atoms with Gasteiger partial charge in [-0.2, -0.15) is 0 Å².